The van der Waals surface area contributed by atoms with Crippen molar-refractivity contribution in [1.29, 1.82) is 0 Å². The summed E-state index contributed by atoms with van der Waals surface area (Å²) in [4.78, 5) is 24.6. The van der Waals surface area contributed by atoms with Crippen molar-refractivity contribution in [1.82, 2.24) is 4.90 Å². The van der Waals surface area contributed by atoms with Crippen LogP contribution in [0.1, 0.15) is 34.6 Å². The van der Waals surface area contributed by atoms with E-state index in [0.717, 1.165) is 0 Å². The Morgan fingerprint density at radius 3 is 2.33 bits per heavy atom. The van der Waals surface area contributed by atoms with Crippen molar-refractivity contribution < 1.29 is 19.4 Å². The monoisotopic (exact) mass is 255 g/mol. The average molecular weight is 255 g/mol. The minimum Gasteiger partial charge on any atom is -0.465 e. The third-order valence-electron chi connectivity index (χ3n) is 4.10. The second-order valence-electron chi connectivity index (χ2n) is 6.87. The first-order chi connectivity index (χ1) is 8.05. The normalized spacial score (nSPS) is 32.9. The highest BCUT2D eigenvalue weighted by atomic mass is 16.6. The number of likely N-dealkylation sites (tertiary alicyclic amines) is 1. The third kappa shape index (κ3) is 1.95. The molecule has 0 aromatic rings. The van der Waals surface area contributed by atoms with E-state index in [0.29, 0.717) is 6.54 Å². The van der Waals surface area contributed by atoms with Gasteiger partial charge >= 0.3 is 12.1 Å². The molecular weight excluding hydrogens is 234 g/mol. The number of rotatable bonds is 1. The molecule has 1 aliphatic carbocycles. The number of carboxylic acid groups (broad SMARTS) is 1. The van der Waals surface area contributed by atoms with Crippen LogP contribution in [0, 0.1) is 17.3 Å². The molecule has 1 heterocycles. The van der Waals surface area contributed by atoms with E-state index in [1.807, 2.05) is 0 Å². The molecule has 5 heteroatoms. The molecule has 0 aromatic carbocycles. The first kappa shape index (κ1) is 13.2. The van der Waals surface area contributed by atoms with E-state index in [9.17, 15) is 9.59 Å². The molecule has 1 aliphatic heterocycles. The van der Waals surface area contributed by atoms with E-state index in [-0.39, 0.29) is 17.3 Å². The molecule has 3 atom stereocenters. The molecule has 2 aliphatic rings. The predicted molar refractivity (Wildman–Crippen MR) is 65.1 cm³/mol. The highest BCUT2D eigenvalue weighted by molar-refractivity contribution is 5.83. The van der Waals surface area contributed by atoms with Gasteiger partial charge in [0.05, 0.1) is 0 Å². The smallest absolute Gasteiger partial charge is 0.408 e. The van der Waals surface area contributed by atoms with Crippen LogP contribution in [0.25, 0.3) is 0 Å². The van der Waals surface area contributed by atoms with Gasteiger partial charge in [-0.05, 0) is 32.1 Å². The standard InChI is InChI=1S/C13H21NO4/c1-12(2,3)18-10(15)9-8-7(13(8,4)5)6-14(9)11(16)17/h7-9H,6H2,1-5H3,(H,16,17)/t7-,8-,9-/m0/s1. The van der Waals surface area contributed by atoms with E-state index in [1.54, 1.807) is 20.8 Å². The molecule has 1 N–H and O–H groups in total. The van der Waals surface area contributed by atoms with Crippen molar-refractivity contribution in [2.45, 2.75) is 46.3 Å². The highest BCUT2D eigenvalue weighted by Crippen LogP contribution is 2.65. The third-order valence-corrected chi connectivity index (χ3v) is 4.10. The van der Waals surface area contributed by atoms with Gasteiger partial charge in [0.1, 0.15) is 11.6 Å². The Morgan fingerprint density at radius 2 is 1.89 bits per heavy atom. The van der Waals surface area contributed by atoms with Gasteiger partial charge in [-0.15, -0.1) is 0 Å². The Labute approximate surface area is 107 Å². The summed E-state index contributed by atoms with van der Waals surface area (Å²) in [6.45, 7) is 9.98. The predicted octanol–water partition coefficient (Wildman–Crippen LogP) is 1.96. The number of nitrogens with zero attached hydrogens (tertiary/aromatic N) is 1. The Morgan fingerprint density at radius 1 is 1.33 bits per heavy atom. The summed E-state index contributed by atoms with van der Waals surface area (Å²) < 4.78 is 5.35. The minimum absolute atomic E-state index is 0.0491. The number of amides is 1. The lowest BCUT2D eigenvalue weighted by Crippen LogP contribution is -2.47. The summed E-state index contributed by atoms with van der Waals surface area (Å²) in [6.07, 6.45) is -1.03. The number of carbonyl (C=O) groups excluding carboxylic acids is 1. The van der Waals surface area contributed by atoms with Gasteiger partial charge in [-0.3, -0.25) is 4.90 Å². The fourth-order valence-electron chi connectivity index (χ4n) is 3.11. The van der Waals surface area contributed by atoms with Crippen LogP contribution < -0.4 is 0 Å². The molecule has 0 unspecified atom stereocenters. The van der Waals surface area contributed by atoms with Gasteiger partial charge in [-0.1, -0.05) is 13.8 Å². The SMILES string of the molecule is CC(C)(C)OC(=O)[C@@H]1[C@@H]2[C@H](CN1C(=O)O)C2(C)C. The Kier molecular flexibility index (Phi) is 2.65. The van der Waals surface area contributed by atoms with Gasteiger partial charge in [-0.2, -0.15) is 0 Å². The minimum atomic E-state index is -1.03. The lowest BCUT2D eigenvalue weighted by molar-refractivity contribution is -0.161. The van der Waals surface area contributed by atoms with Crippen LogP contribution in [0.15, 0.2) is 0 Å². The molecule has 0 spiro atoms. The van der Waals surface area contributed by atoms with E-state index >= 15 is 0 Å². The molecule has 1 saturated carbocycles. The van der Waals surface area contributed by atoms with Crippen LogP contribution in [-0.2, 0) is 9.53 Å². The number of carbonyl (C=O) groups is 2. The maximum atomic E-state index is 12.2. The van der Waals surface area contributed by atoms with Crippen molar-refractivity contribution in [3.8, 4) is 0 Å². The van der Waals surface area contributed by atoms with Gasteiger partial charge < -0.3 is 9.84 Å². The quantitative estimate of drug-likeness (QED) is 0.727. The average Bonchev–Trinajstić information content (AvgIpc) is 2.59. The van der Waals surface area contributed by atoms with Crippen LogP contribution >= 0.6 is 0 Å². The Balaban J connectivity index is 2.17. The summed E-state index contributed by atoms with van der Waals surface area (Å²) in [5, 5.41) is 9.16. The van der Waals surface area contributed by atoms with E-state index in [1.165, 1.54) is 4.90 Å². The zero-order valence-electron chi connectivity index (χ0n) is 11.6. The maximum absolute atomic E-state index is 12.2. The number of hydrogen-bond acceptors (Lipinski definition) is 3. The summed E-state index contributed by atoms with van der Waals surface area (Å²) >= 11 is 0. The van der Waals surface area contributed by atoms with Gasteiger partial charge in [-0.25, -0.2) is 9.59 Å². The largest absolute Gasteiger partial charge is 0.465 e. The molecule has 102 valence electrons. The molecule has 1 amide bonds. The zero-order valence-corrected chi connectivity index (χ0v) is 11.6. The second-order valence-corrected chi connectivity index (χ2v) is 6.87. The lowest BCUT2D eigenvalue weighted by atomic mass is 10.0. The lowest BCUT2D eigenvalue weighted by Gasteiger charge is -2.29. The highest BCUT2D eigenvalue weighted by Gasteiger charge is 2.70. The molecule has 2 rings (SSSR count). The first-order valence-electron chi connectivity index (χ1n) is 6.28. The second kappa shape index (κ2) is 3.62. The topological polar surface area (TPSA) is 66.8 Å². The molecule has 1 saturated heterocycles. The van der Waals surface area contributed by atoms with Gasteiger partial charge in [0.2, 0.25) is 0 Å². The number of piperidine rings is 1. The molecule has 18 heavy (non-hydrogen) atoms. The van der Waals surface area contributed by atoms with Crippen LogP contribution in [0.4, 0.5) is 4.79 Å². The number of esters is 1. The van der Waals surface area contributed by atoms with Gasteiger partial charge in [0.25, 0.3) is 0 Å². The van der Waals surface area contributed by atoms with Crippen molar-refractivity contribution in [3.63, 3.8) is 0 Å². The van der Waals surface area contributed by atoms with Crippen LogP contribution in [0.2, 0.25) is 0 Å². The van der Waals surface area contributed by atoms with E-state index in [4.69, 9.17) is 9.84 Å². The summed E-state index contributed by atoms with van der Waals surface area (Å²) in [6, 6.07) is -0.637. The Hall–Kier alpha value is -1.26. The molecule has 5 nitrogen and oxygen atoms in total. The van der Waals surface area contributed by atoms with Gasteiger partial charge in [0, 0.05) is 12.5 Å². The fourth-order valence-corrected chi connectivity index (χ4v) is 3.11. The number of ether oxygens (including phenoxy) is 1. The fraction of sp³-hybridized carbons (Fsp3) is 0.846. The van der Waals surface area contributed by atoms with E-state index < -0.39 is 23.7 Å². The maximum Gasteiger partial charge on any atom is 0.408 e. The molecule has 2 fully saturated rings. The molecule has 0 aromatic heterocycles. The van der Waals surface area contributed by atoms with Crippen LogP contribution in [-0.4, -0.2) is 40.3 Å². The van der Waals surface area contributed by atoms with Crippen molar-refractivity contribution in [2.24, 2.45) is 17.3 Å². The van der Waals surface area contributed by atoms with Crippen LogP contribution in [0.5, 0.6) is 0 Å². The Bertz CT molecular complexity index is 396. The molecular formula is C13H21NO4. The van der Waals surface area contributed by atoms with E-state index in [2.05, 4.69) is 13.8 Å². The number of fused-ring (bicyclic) bond motifs is 1. The van der Waals surface area contributed by atoms with Crippen LogP contribution in [0.3, 0.4) is 0 Å². The number of hydrogen-bond donors (Lipinski definition) is 1. The summed E-state index contributed by atoms with van der Waals surface area (Å²) in [7, 11) is 0. The molecule has 0 radical (unpaired) electrons. The van der Waals surface area contributed by atoms with Crippen molar-refractivity contribution >= 4 is 12.1 Å². The first-order valence-corrected chi connectivity index (χ1v) is 6.28. The zero-order chi connectivity index (χ0) is 13.9. The molecule has 0 bridgehead atoms. The van der Waals surface area contributed by atoms with Gasteiger partial charge in [0.15, 0.2) is 0 Å². The van der Waals surface area contributed by atoms with Crippen molar-refractivity contribution in [3.05, 3.63) is 0 Å². The van der Waals surface area contributed by atoms with Crippen molar-refractivity contribution in [2.75, 3.05) is 6.54 Å². The summed E-state index contributed by atoms with van der Waals surface area (Å²) in [5.41, 5.74) is -0.536. The summed E-state index contributed by atoms with van der Waals surface area (Å²) in [5.74, 6) is -0.0301.